The van der Waals surface area contributed by atoms with Crippen LogP contribution in [0.1, 0.15) is 39.0 Å². The average Bonchev–Trinajstić information content (AvgIpc) is 2.30. The van der Waals surface area contributed by atoms with Crippen molar-refractivity contribution in [3.63, 3.8) is 0 Å². The molecule has 0 heterocycles. The van der Waals surface area contributed by atoms with Crippen LogP contribution in [0.25, 0.3) is 0 Å². The molecule has 0 unspecified atom stereocenters. The second-order valence-electron chi connectivity index (χ2n) is 4.07. The second-order valence-corrected chi connectivity index (χ2v) is 4.47. The van der Waals surface area contributed by atoms with Crippen LogP contribution in [0, 0.1) is 5.82 Å². The van der Waals surface area contributed by atoms with Gasteiger partial charge in [0.1, 0.15) is 11.6 Å². The number of hydrogen-bond donors (Lipinski definition) is 1. The van der Waals surface area contributed by atoms with E-state index < -0.39 is 5.82 Å². The Bertz CT molecular complexity index is 358. The van der Waals surface area contributed by atoms with Gasteiger partial charge in [-0.1, -0.05) is 44.2 Å². The molecule has 0 aromatic heterocycles. The maximum atomic E-state index is 13.2. The zero-order valence-electron chi connectivity index (χ0n) is 10.1. The highest BCUT2D eigenvalue weighted by atomic mass is 35.5. The summed E-state index contributed by atoms with van der Waals surface area (Å²) in [4.78, 5) is 0. The number of rotatable bonds is 7. The van der Waals surface area contributed by atoms with E-state index in [9.17, 15) is 4.39 Å². The summed E-state index contributed by atoms with van der Waals surface area (Å²) in [5.74, 6) is -0.121. The van der Waals surface area contributed by atoms with Gasteiger partial charge in [-0.15, -0.1) is 0 Å². The standard InChI is InChI=1S/C13H19ClFNO/c1-2-3-4-5-6-7-17-13-9-11(15)10(14)8-12(13)16/h8-9H,2-7,16H2,1H3. The van der Waals surface area contributed by atoms with Gasteiger partial charge in [-0.2, -0.15) is 0 Å². The van der Waals surface area contributed by atoms with Crippen molar-refractivity contribution in [1.29, 1.82) is 0 Å². The van der Waals surface area contributed by atoms with E-state index >= 15 is 0 Å². The molecule has 0 bridgehead atoms. The lowest BCUT2D eigenvalue weighted by Gasteiger charge is -2.09. The van der Waals surface area contributed by atoms with Crippen LogP contribution in [0.5, 0.6) is 5.75 Å². The van der Waals surface area contributed by atoms with Gasteiger partial charge < -0.3 is 10.5 Å². The highest BCUT2D eigenvalue weighted by Gasteiger charge is 2.06. The molecule has 4 heteroatoms. The zero-order valence-corrected chi connectivity index (χ0v) is 10.9. The molecular weight excluding hydrogens is 241 g/mol. The first-order valence-electron chi connectivity index (χ1n) is 6.02. The lowest BCUT2D eigenvalue weighted by molar-refractivity contribution is 0.304. The Morgan fingerprint density at radius 2 is 1.94 bits per heavy atom. The fraction of sp³-hybridized carbons (Fsp3) is 0.538. The summed E-state index contributed by atoms with van der Waals surface area (Å²) >= 11 is 5.59. The highest BCUT2D eigenvalue weighted by Crippen LogP contribution is 2.28. The Morgan fingerprint density at radius 3 is 2.65 bits per heavy atom. The molecule has 0 spiro atoms. The SMILES string of the molecule is CCCCCCCOc1cc(F)c(Cl)cc1N. The normalized spacial score (nSPS) is 10.5. The third-order valence-electron chi connectivity index (χ3n) is 2.56. The molecular formula is C13H19ClFNO. The Kier molecular flexibility index (Phi) is 6.12. The summed E-state index contributed by atoms with van der Waals surface area (Å²) in [5, 5.41) is 0.0257. The van der Waals surface area contributed by atoms with E-state index in [-0.39, 0.29) is 5.02 Å². The number of nitrogen functional groups attached to an aromatic ring is 1. The Labute approximate surface area is 107 Å². The van der Waals surface area contributed by atoms with Gasteiger partial charge in [0.25, 0.3) is 0 Å². The average molecular weight is 260 g/mol. The van der Waals surface area contributed by atoms with Gasteiger partial charge in [-0.25, -0.2) is 4.39 Å². The highest BCUT2D eigenvalue weighted by molar-refractivity contribution is 6.31. The van der Waals surface area contributed by atoms with Gasteiger partial charge in [0.2, 0.25) is 0 Å². The van der Waals surface area contributed by atoms with Gasteiger partial charge in [0, 0.05) is 6.07 Å². The van der Waals surface area contributed by atoms with Gasteiger partial charge in [0.05, 0.1) is 17.3 Å². The molecule has 0 aliphatic rings. The van der Waals surface area contributed by atoms with Crippen LogP contribution < -0.4 is 10.5 Å². The quantitative estimate of drug-likeness (QED) is 0.581. The van der Waals surface area contributed by atoms with Crippen LogP contribution in [-0.4, -0.2) is 6.61 Å². The molecule has 96 valence electrons. The number of nitrogens with two attached hydrogens (primary N) is 1. The largest absolute Gasteiger partial charge is 0.491 e. The fourth-order valence-corrected chi connectivity index (χ4v) is 1.73. The Hall–Kier alpha value is -0.960. The second kappa shape index (κ2) is 7.38. The van der Waals surface area contributed by atoms with Crippen LogP contribution >= 0.6 is 11.6 Å². The lowest BCUT2D eigenvalue weighted by Crippen LogP contribution is -2.01. The number of halogens is 2. The summed E-state index contributed by atoms with van der Waals surface area (Å²) in [6, 6.07) is 2.62. The van der Waals surface area contributed by atoms with E-state index in [1.54, 1.807) is 0 Å². The molecule has 1 aromatic rings. The van der Waals surface area contributed by atoms with E-state index in [2.05, 4.69) is 6.92 Å². The minimum absolute atomic E-state index is 0.0257. The molecule has 2 nitrogen and oxygen atoms in total. The summed E-state index contributed by atoms with van der Waals surface area (Å²) in [7, 11) is 0. The van der Waals surface area contributed by atoms with Gasteiger partial charge >= 0.3 is 0 Å². The summed E-state index contributed by atoms with van der Waals surface area (Å²) in [5.41, 5.74) is 6.06. The lowest BCUT2D eigenvalue weighted by atomic mass is 10.2. The zero-order chi connectivity index (χ0) is 12.7. The topological polar surface area (TPSA) is 35.2 Å². The van der Waals surface area contributed by atoms with E-state index in [0.29, 0.717) is 18.0 Å². The molecule has 0 radical (unpaired) electrons. The van der Waals surface area contributed by atoms with Crippen molar-refractivity contribution in [2.45, 2.75) is 39.0 Å². The fourth-order valence-electron chi connectivity index (χ4n) is 1.56. The van der Waals surface area contributed by atoms with Crippen molar-refractivity contribution in [3.8, 4) is 5.75 Å². The van der Waals surface area contributed by atoms with Crippen LogP contribution in [0.2, 0.25) is 5.02 Å². The third kappa shape index (κ3) is 4.82. The number of ether oxygens (including phenoxy) is 1. The summed E-state index contributed by atoms with van der Waals surface area (Å²) < 4.78 is 18.6. The number of hydrogen-bond acceptors (Lipinski definition) is 2. The molecule has 17 heavy (non-hydrogen) atoms. The van der Waals surface area contributed by atoms with Gasteiger partial charge in [-0.3, -0.25) is 0 Å². The van der Waals surface area contributed by atoms with Crippen LogP contribution in [0.15, 0.2) is 12.1 Å². The van der Waals surface area contributed by atoms with Crippen molar-refractivity contribution in [3.05, 3.63) is 23.0 Å². The molecule has 0 saturated heterocycles. The van der Waals surface area contributed by atoms with Crippen molar-refractivity contribution in [1.82, 2.24) is 0 Å². The predicted molar refractivity (Wildman–Crippen MR) is 70.1 cm³/mol. The molecule has 0 fully saturated rings. The number of anilines is 1. The minimum atomic E-state index is -0.498. The van der Waals surface area contributed by atoms with Gasteiger partial charge in [0.15, 0.2) is 0 Å². The monoisotopic (exact) mass is 259 g/mol. The predicted octanol–water partition coefficient (Wildman–Crippen LogP) is 4.41. The van der Waals surface area contributed by atoms with Crippen molar-refractivity contribution in [2.24, 2.45) is 0 Å². The van der Waals surface area contributed by atoms with Crippen molar-refractivity contribution in [2.75, 3.05) is 12.3 Å². The van der Waals surface area contributed by atoms with Crippen molar-refractivity contribution >= 4 is 17.3 Å². The third-order valence-corrected chi connectivity index (χ3v) is 2.85. The van der Waals surface area contributed by atoms with E-state index in [0.717, 1.165) is 12.8 Å². The van der Waals surface area contributed by atoms with Crippen LogP contribution in [0.3, 0.4) is 0 Å². The molecule has 0 amide bonds. The molecule has 2 N–H and O–H groups in total. The summed E-state index contributed by atoms with van der Waals surface area (Å²) in [6.45, 7) is 2.74. The Balaban J connectivity index is 2.34. The van der Waals surface area contributed by atoms with E-state index in [1.165, 1.54) is 31.4 Å². The maximum absolute atomic E-state index is 13.2. The molecule has 1 aromatic carbocycles. The molecule has 1 rings (SSSR count). The minimum Gasteiger partial charge on any atom is -0.491 e. The molecule has 0 atom stereocenters. The van der Waals surface area contributed by atoms with E-state index in [4.69, 9.17) is 22.1 Å². The first-order valence-corrected chi connectivity index (χ1v) is 6.40. The number of benzene rings is 1. The number of unbranched alkanes of at least 4 members (excludes halogenated alkanes) is 4. The molecule has 0 aliphatic heterocycles. The summed E-state index contributed by atoms with van der Waals surface area (Å²) in [6.07, 6.45) is 5.77. The maximum Gasteiger partial charge on any atom is 0.145 e. The first-order chi connectivity index (χ1) is 8.15. The van der Waals surface area contributed by atoms with Crippen LogP contribution in [0.4, 0.5) is 10.1 Å². The van der Waals surface area contributed by atoms with E-state index in [1.807, 2.05) is 0 Å². The first kappa shape index (κ1) is 14.1. The van der Waals surface area contributed by atoms with Gasteiger partial charge in [-0.05, 0) is 12.5 Å². The van der Waals surface area contributed by atoms with Crippen molar-refractivity contribution < 1.29 is 9.13 Å². The molecule has 0 saturated carbocycles. The van der Waals surface area contributed by atoms with Crippen LogP contribution in [-0.2, 0) is 0 Å². The smallest absolute Gasteiger partial charge is 0.145 e. The molecule has 0 aliphatic carbocycles. The Morgan fingerprint density at radius 1 is 1.24 bits per heavy atom.